The normalized spacial score (nSPS) is 18.2. The monoisotopic (exact) mass is 625 g/mol. The largest absolute Gasteiger partial charge is 0.497 e. The van der Waals surface area contributed by atoms with Crippen molar-refractivity contribution in [3.63, 3.8) is 0 Å². The molecule has 38 heavy (non-hydrogen) atoms. The van der Waals surface area contributed by atoms with Crippen molar-refractivity contribution < 1.29 is 18.4 Å². The van der Waals surface area contributed by atoms with Crippen LogP contribution in [-0.2, 0) is 11.1 Å². The summed E-state index contributed by atoms with van der Waals surface area (Å²) in [5, 5.41) is 0.638. The summed E-state index contributed by atoms with van der Waals surface area (Å²) < 4.78 is 40.8. The van der Waals surface area contributed by atoms with Gasteiger partial charge in [-0.1, -0.05) is 17.7 Å². The van der Waals surface area contributed by atoms with Crippen LogP contribution in [0.1, 0.15) is 5.56 Å². The summed E-state index contributed by atoms with van der Waals surface area (Å²) in [6.45, 7) is 3.36. The van der Waals surface area contributed by atoms with E-state index in [0.717, 1.165) is 30.2 Å². The van der Waals surface area contributed by atoms with E-state index < -0.39 is 13.0 Å². The molecule has 2 aliphatic rings. The van der Waals surface area contributed by atoms with Crippen molar-refractivity contribution in [3.8, 4) is 11.5 Å². The van der Waals surface area contributed by atoms with E-state index >= 15 is 4.39 Å². The lowest BCUT2D eigenvalue weighted by Gasteiger charge is -2.43. The number of rotatable bonds is 7. The number of ether oxygens (including phenoxy) is 2. The first kappa shape index (κ1) is 27.6. The Balaban J connectivity index is 1.44. The predicted molar refractivity (Wildman–Crippen MR) is 154 cm³/mol. The van der Waals surface area contributed by atoms with Gasteiger partial charge in [0.25, 0.3) is 0 Å². The zero-order valence-electron chi connectivity index (χ0n) is 21.9. The fourth-order valence-electron chi connectivity index (χ4n) is 4.97. The molecule has 3 heterocycles. The van der Waals surface area contributed by atoms with Gasteiger partial charge in [0.1, 0.15) is 29.6 Å². The zero-order chi connectivity index (χ0) is 27.2. The van der Waals surface area contributed by atoms with Crippen LogP contribution in [0.25, 0.3) is 10.9 Å². The SMILES string of the molecule is COc1ccc(CN2CCP(=O)(c3nc(N4CC(N(C)C)C4)nc4c(F)c(Br)c(Cl)cc34)CC2)c(OC)c1. The molecule has 204 valence electrons. The Morgan fingerprint density at radius 1 is 1.16 bits per heavy atom. The summed E-state index contributed by atoms with van der Waals surface area (Å²) in [6.07, 6.45) is 0.874. The first-order valence-corrected chi connectivity index (χ1v) is 15.7. The van der Waals surface area contributed by atoms with Crippen molar-refractivity contribution in [3.05, 3.63) is 45.1 Å². The van der Waals surface area contributed by atoms with Gasteiger partial charge in [-0.2, -0.15) is 0 Å². The molecule has 0 aliphatic carbocycles. The molecule has 3 aromatic rings. The molecule has 12 heteroatoms. The fourth-order valence-corrected chi connectivity index (χ4v) is 8.20. The van der Waals surface area contributed by atoms with E-state index in [1.807, 2.05) is 37.2 Å². The van der Waals surface area contributed by atoms with Crippen LogP contribution in [-0.4, -0.2) is 92.6 Å². The molecule has 2 saturated heterocycles. The highest BCUT2D eigenvalue weighted by molar-refractivity contribution is 9.10. The van der Waals surface area contributed by atoms with Gasteiger partial charge >= 0.3 is 0 Å². The number of nitrogens with zero attached hydrogens (tertiary/aromatic N) is 5. The highest BCUT2D eigenvalue weighted by Crippen LogP contribution is 2.49. The molecule has 0 amide bonds. The van der Waals surface area contributed by atoms with Crippen LogP contribution in [0, 0.1) is 5.82 Å². The van der Waals surface area contributed by atoms with E-state index in [9.17, 15) is 4.57 Å². The van der Waals surface area contributed by atoms with Crippen LogP contribution >= 0.6 is 34.7 Å². The van der Waals surface area contributed by atoms with Crippen molar-refractivity contribution in [2.75, 3.05) is 71.7 Å². The molecule has 2 aromatic carbocycles. The minimum Gasteiger partial charge on any atom is -0.497 e. The molecular formula is C26H31BrClFN5O3P. The standard InChI is InChI=1S/C26H31BrClFN5O3P/c1-32(2)17-14-34(15-17)26-30-24-19(12-20(28)22(27)23(24)29)25(31-26)38(35)9-7-33(8-10-38)13-16-5-6-18(36-3)11-21(16)37-4/h5-6,11-12,17H,7-10,13-15H2,1-4H3. The Kier molecular flexibility index (Phi) is 7.91. The van der Waals surface area contributed by atoms with E-state index in [1.54, 1.807) is 20.3 Å². The van der Waals surface area contributed by atoms with Crippen molar-refractivity contribution in [1.29, 1.82) is 0 Å². The van der Waals surface area contributed by atoms with E-state index in [2.05, 4.69) is 30.7 Å². The van der Waals surface area contributed by atoms with E-state index in [4.69, 9.17) is 26.1 Å². The highest BCUT2D eigenvalue weighted by atomic mass is 79.9. The van der Waals surface area contributed by atoms with Gasteiger partial charge in [-0.15, -0.1) is 0 Å². The Morgan fingerprint density at radius 2 is 1.87 bits per heavy atom. The maximum atomic E-state index is 15.4. The third-order valence-electron chi connectivity index (χ3n) is 7.50. The van der Waals surface area contributed by atoms with Crippen LogP contribution < -0.4 is 19.8 Å². The molecule has 0 unspecified atom stereocenters. The Hall–Kier alpha value is -1.97. The third kappa shape index (κ3) is 5.13. The number of fused-ring (bicyclic) bond motifs is 1. The van der Waals surface area contributed by atoms with Gasteiger partial charge in [-0.3, -0.25) is 4.90 Å². The smallest absolute Gasteiger partial charge is 0.226 e. The van der Waals surface area contributed by atoms with Crippen LogP contribution in [0.15, 0.2) is 28.7 Å². The molecule has 1 aromatic heterocycles. The third-order valence-corrected chi connectivity index (χ3v) is 11.8. The number of anilines is 1. The van der Waals surface area contributed by atoms with Crippen LogP contribution in [0.5, 0.6) is 11.5 Å². The Labute approximate surface area is 235 Å². The summed E-state index contributed by atoms with van der Waals surface area (Å²) in [7, 11) is 4.37. The molecule has 2 aliphatic heterocycles. The summed E-state index contributed by atoms with van der Waals surface area (Å²) in [5.74, 6) is 1.35. The lowest BCUT2D eigenvalue weighted by atomic mass is 10.1. The molecule has 0 atom stereocenters. The number of halogens is 3. The first-order chi connectivity index (χ1) is 18.1. The highest BCUT2D eigenvalue weighted by Gasteiger charge is 2.37. The number of likely N-dealkylation sites (N-methyl/N-ethyl adjacent to an activating group) is 1. The molecule has 8 nitrogen and oxygen atoms in total. The minimum atomic E-state index is -2.95. The number of aromatic nitrogens is 2. The topological polar surface area (TPSA) is 71.0 Å². The number of hydrogen-bond acceptors (Lipinski definition) is 8. The van der Waals surface area contributed by atoms with E-state index in [1.165, 1.54) is 0 Å². The van der Waals surface area contributed by atoms with Gasteiger partial charge in [0.2, 0.25) is 5.95 Å². The number of hydrogen-bond donors (Lipinski definition) is 0. The van der Waals surface area contributed by atoms with Gasteiger partial charge in [0, 0.05) is 68.1 Å². The Morgan fingerprint density at radius 3 is 2.50 bits per heavy atom. The molecule has 0 N–H and O–H groups in total. The van der Waals surface area contributed by atoms with Gasteiger partial charge in [-0.25, -0.2) is 14.4 Å². The fraction of sp³-hybridized carbons (Fsp3) is 0.462. The second-order valence-corrected chi connectivity index (χ2v) is 14.3. The molecule has 0 radical (unpaired) electrons. The summed E-state index contributed by atoms with van der Waals surface area (Å²) in [6, 6.07) is 7.77. The van der Waals surface area contributed by atoms with Gasteiger partial charge in [-0.05, 0) is 42.2 Å². The van der Waals surface area contributed by atoms with Gasteiger partial charge < -0.3 is 23.8 Å². The number of methoxy groups -OCH3 is 2. The first-order valence-electron chi connectivity index (χ1n) is 12.4. The second-order valence-electron chi connectivity index (χ2n) is 10.0. The molecule has 0 bridgehead atoms. The maximum absolute atomic E-state index is 15.4. The van der Waals surface area contributed by atoms with E-state index in [0.29, 0.717) is 54.8 Å². The second kappa shape index (κ2) is 10.9. The van der Waals surface area contributed by atoms with Gasteiger partial charge in [0.05, 0.1) is 23.7 Å². The van der Waals surface area contributed by atoms with Crippen molar-refractivity contribution in [1.82, 2.24) is 19.8 Å². The molecule has 0 spiro atoms. The van der Waals surface area contributed by atoms with E-state index in [-0.39, 0.29) is 15.0 Å². The quantitative estimate of drug-likeness (QED) is 0.282. The Bertz CT molecular complexity index is 1410. The lowest BCUT2D eigenvalue weighted by Crippen LogP contribution is -2.58. The summed E-state index contributed by atoms with van der Waals surface area (Å²) >= 11 is 9.56. The maximum Gasteiger partial charge on any atom is 0.226 e. The lowest BCUT2D eigenvalue weighted by molar-refractivity contribution is 0.245. The average molecular weight is 627 g/mol. The molecule has 5 rings (SSSR count). The predicted octanol–water partition coefficient (Wildman–Crippen LogP) is 4.46. The van der Waals surface area contributed by atoms with Crippen LogP contribution in [0.4, 0.5) is 10.3 Å². The summed E-state index contributed by atoms with van der Waals surface area (Å²) in [4.78, 5) is 15.8. The minimum absolute atomic E-state index is 0.148. The van der Waals surface area contributed by atoms with Crippen molar-refractivity contribution in [2.24, 2.45) is 0 Å². The van der Waals surface area contributed by atoms with Crippen LogP contribution in [0.2, 0.25) is 5.02 Å². The average Bonchev–Trinajstić information content (AvgIpc) is 2.88. The van der Waals surface area contributed by atoms with Crippen molar-refractivity contribution >= 4 is 57.0 Å². The van der Waals surface area contributed by atoms with Gasteiger partial charge in [0.15, 0.2) is 5.82 Å². The summed E-state index contributed by atoms with van der Waals surface area (Å²) in [5.41, 5.74) is 1.61. The molecule has 0 saturated carbocycles. The van der Waals surface area contributed by atoms with Crippen molar-refractivity contribution in [2.45, 2.75) is 12.6 Å². The molecule has 2 fully saturated rings. The zero-order valence-corrected chi connectivity index (χ0v) is 25.1. The number of benzene rings is 2. The van der Waals surface area contributed by atoms with Crippen LogP contribution in [0.3, 0.4) is 0 Å². The molecular weight excluding hydrogens is 596 g/mol.